The van der Waals surface area contributed by atoms with E-state index in [1.807, 2.05) is 28.6 Å². The van der Waals surface area contributed by atoms with E-state index in [0.717, 1.165) is 68.6 Å². The lowest BCUT2D eigenvalue weighted by Gasteiger charge is -2.32. The van der Waals surface area contributed by atoms with E-state index in [9.17, 15) is 9.59 Å². The van der Waals surface area contributed by atoms with Crippen molar-refractivity contribution in [2.75, 3.05) is 38.7 Å². The van der Waals surface area contributed by atoms with Gasteiger partial charge in [0.2, 0.25) is 5.91 Å². The maximum Gasteiger partial charge on any atom is 0.256 e. The predicted molar refractivity (Wildman–Crippen MR) is 134 cm³/mol. The Labute approximate surface area is 207 Å². The van der Waals surface area contributed by atoms with Crippen LogP contribution in [0.4, 0.5) is 5.69 Å². The van der Waals surface area contributed by atoms with E-state index in [1.165, 1.54) is 12.8 Å². The summed E-state index contributed by atoms with van der Waals surface area (Å²) >= 11 is 0. The summed E-state index contributed by atoms with van der Waals surface area (Å²) in [6.45, 7) is 2.89. The molecule has 8 heteroatoms. The van der Waals surface area contributed by atoms with Gasteiger partial charge < -0.3 is 24.3 Å². The average molecular weight is 483 g/mol. The second-order valence-electron chi connectivity index (χ2n) is 10.5. The Kier molecular flexibility index (Phi) is 7.39. The lowest BCUT2D eigenvalue weighted by molar-refractivity contribution is -0.117. The summed E-state index contributed by atoms with van der Waals surface area (Å²) in [6.07, 6.45) is 8.98. The van der Waals surface area contributed by atoms with Crippen molar-refractivity contribution in [3.8, 4) is 0 Å². The average Bonchev–Trinajstić information content (AvgIpc) is 3.61. The first-order chi connectivity index (χ1) is 17.0. The third-order valence-corrected chi connectivity index (χ3v) is 7.99. The smallest absolute Gasteiger partial charge is 0.256 e. The number of ether oxygens (including phenoxy) is 2. The van der Waals surface area contributed by atoms with E-state index in [1.54, 1.807) is 7.11 Å². The first kappa shape index (κ1) is 24.3. The molecule has 1 aliphatic carbocycles. The van der Waals surface area contributed by atoms with Crippen LogP contribution in [0.2, 0.25) is 0 Å². The highest BCUT2D eigenvalue weighted by atomic mass is 16.5. The van der Waals surface area contributed by atoms with Gasteiger partial charge in [-0.05, 0) is 62.5 Å². The quantitative estimate of drug-likeness (QED) is 0.631. The molecule has 3 aliphatic rings. The van der Waals surface area contributed by atoms with E-state index in [2.05, 4.69) is 5.32 Å². The number of imidazole rings is 1. The van der Waals surface area contributed by atoms with Gasteiger partial charge in [0.05, 0.1) is 16.6 Å². The first-order valence-electron chi connectivity index (χ1n) is 13.2. The highest BCUT2D eigenvalue weighted by Crippen LogP contribution is 2.34. The molecule has 3 fully saturated rings. The number of anilines is 1. The fourth-order valence-corrected chi connectivity index (χ4v) is 6.07. The largest absolute Gasteiger partial charge is 0.384 e. The van der Waals surface area contributed by atoms with Crippen LogP contribution in [0.1, 0.15) is 80.1 Å². The van der Waals surface area contributed by atoms with Crippen molar-refractivity contribution in [1.82, 2.24) is 14.5 Å². The van der Waals surface area contributed by atoms with Crippen LogP contribution < -0.4 is 5.32 Å². The molecule has 0 spiro atoms. The van der Waals surface area contributed by atoms with Gasteiger partial charge in [-0.3, -0.25) is 9.59 Å². The summed E-state index contributed by atoms with van der Waals surface area (Å²) in [5.74, 6) is 1.83. The molecule has 2 aromatic rings. The van der Waals surface area contributed by atoms with Gasteiger partial charge >= 0.3 is 0 Å². The maximum atomic E-state index is 13.8. The maximum absolute atomic E-state index is 13.8. The minimum Gasteiger partial charge on any atom is -0.384 e. The molecule has 2 amide bonds. The number of fused-ring (bicyclic) bond motifs is 1. The molecule has 1 aromatic heterocycles. The summed E-state index contributed by atoms with van der Waals surface area (Å²) in [4.78, 5) is 33.4. The molecule has 190 valence electrons. The van der Waals surface area contributed by atoms with Gasteiger partial charge in [-0.2, -0.15) is 0 Å². The molecule has 8 nitrogen and oxygen atoms in total. The number of piperidine rings is 1. The van der Waals surface area contributed by atoms with Crippen molar-refractivity contribution in [3.05, 3.63) is 23.5 Å². The summed E-state index contributed by atoms with van der Waals surface area (Å²) in [5.41, 5.74) is 2.79. The zero-order valence-electron chi connectivity index (χ0n) is 21.1. The number of benzene rings is 1. The first-order valence-corrected chi connectivity index (χ1v) is 13.2. The summed E-state index contributed by atoms with van der Waals surface area (Å²) in [7, 11) is 3.70. The number of nitrogens with zero attached hydrogens (tertiary/aromatic N) is 3. The van der Waals surface area contributed by atoms with Crippen molar-refractivity contribution in [2.24, 2.45) is 18.9 Å². The molecular formula is C27H38N4O4. The van der Waals surface area contributed by atoms with E-state index in [4.69, 9.17) is 14.5 Å². The van der Waals surface area contributed by atoms with Crippen molar-refractivity contribution in [3.63, 3.8) is 0 Å². The van der Waals surface area contributed by atoms with Crippen molar-refractivity contribution >= 4 is 28.5 Å². The predicted octanol–water partition coefficient (Wildman–Crippen LogP) is 4.44. The molecule has 0 radical (unpaired) electrons. The van der Waals surface area contributed by atoms with Crippen LogP contribution in [-0.2, 0) is 21.3 Å². The number of likely N-dealkylation sites (tertiary alicyclic amines) is 1. The van der Waals surface area contributed by atoms with Crippen molar-refractivity contribution in [2.45, 2.75) is 63.9 Å². The topological polar surface area (TPSA) is 85.7 Å². The van der Waals surface area contributed by atoms with Crippen LogP contribution >= 0.6 is 0 Å². The van der Waals surface area contributed by atoms with Gasteiger partial charge in [0, 0.05) is 52.6 Å². The standard InChI is InChI=1S/C27H38N4O4/c1-30-25-21(27(33)31-11-9-19(10-12-31)17-34-2)15-20(28-24(32)14-18-6-3-4-7-18)16-22(25)29-26(30)23-8-5-13-35-23/h15-16,18-19,23H,3-14,17H2,1-2H3,(H,28,32). The molecule has 2 aliphatic heterocycles. The second-order valence-corrected chi connectivity index (χ2v) is 10.5. The number of nitrogens with one attached hydrogen (secondary N) is 1. The second kappa shape index (κ2) is 10.7. The third kappa shape index (κ3) is 5.23. The molecule has 35 heavy (non-hydrogen) atoms. The van der Waals surface area contributed by atoms with Gasteiger partial charge in [-0.25, -0.2) is 4.98 Å². The van der Waals surface area contributed by atoms with Gasteiger partial charge in [0.1, 0.15) is 11.9 Å². The highest BCUT2D eigenvalue weighted by Gasteiger charge is 2.29. The van der Waals surface area contributed by atoms with Gasteiger partial charge in [-0.1, -0.05) is 12.8 Å². The Morgan fingerprint density at radius 1 is 1.09 bits per heavy atom. The molecular weight excluding hydrogens is 444 g/mol. The highest BCUT2D eigenvalue weighted by molar-refractivity contribution is 6.07. The Bertz CT molecular complexity index is 1060. The zero-order valence-corrected chi connectivity index (χ0v) is 21.1. The van der Waals surface area contributed by atoms with Crippen LogP contribution in [0.15, 0.2) is 12.1 Å². The Morgan fingerprint density at radius 2 is 1.86 bits per heavy atom. The number of methoxy groups -OCH3 is 1. The Balaban J connectivity index is 1.44. The van der Waals surface area contributed by atoms with E-state index >= 15 is 0 Å². The number of hydrogen-bond acceptors (Lipinski definition) is 5. The molecule has 5 rings (SSSR count). The van der Waals surface area contributed by atoms with Gasteiger partial charge in [0.25, 0.3) is 5.91 Å². The van der Waals surface area contributed by atoms with Gasteiger partial charge in [-0.15, -0.1) is 0 Å². The molecule has 1 saturated carbocycles. The number of carbonyl (C=O) groups excluding carboxylic acids is 2. The van der Waals surface area contributed by atoms with Gasteiger partial charge in [0.15, 0.2) is 0 Å². The normalized spacial score (nSPS) is 21.8. The van der Waals surface area contributed by atoms with Crippen LogP contribution in [0, 0.1) is 11.8 Å². The molecule has 1 atom stereocenters. The molecule has 1 unspecified atom stereocenters. The Morgan fingerprint density at radius 3 is 2.54 bits per heavy atom. The minimum absolute atomic E-state index is 0.000325. The van der Waals surface area contributed by atoms with E-state index in [0.29, 0.717) is 42.6 Å². The lowest BCUT2D eigenvalue weighted by Crippen LogP contribution is -2.39. The zero-order chi connectivity index (χ0) is 24.4. The van der Waals surface area contributed by atoms with Crippen LogP contribution in [0.25, 0.3) is 11.0 Å². The summed E-state index contributed by atoms with van der Waals surface area (Å²) < 4.78 is 13.2. The third-order valence-electron chi connectivity index (χ3n) is 7.99. The number of rotatable bonds is 7. The molecule has 3 heterocycles. The Hall–Kier alpha value is -2.45. The van der Waals surface area contributed by atoms with Crippen LogP contribution in [0.3, 0.4) is 0 Å². The minimum atomic E-state index is -0.0550. The number of amides is 2. The fourth-order valence-electron chi connectivity index (χ4n) is 6.07. The fraction of sp³-hybridized carbons (Fsp3) is 0.667. The molecule has 0 bridgehead atoms. The summed E-state index contributed by atoms with van der Waals surface area (Å²) in [6, 6.07) is 3.75. The number of carbonyl (C=O) groups is 2. The van der Waals surface area contributed by atoms with Crippen LogP contribution in [-0.4, -0.2) is 59.7 Å². The monoisotopic (exact) mass is 482 g/mol. The molecule has 1 N–H and O–H groups in total. The SMILES string of the molecule is COCC1CCN(C(=O)c2cc(NC(=O)CC3CCCC3)cc3nc(C4CCCO4)n(C)c23)CC1. The number of hydrogen-bond donors (Lipinski definition) is 1. The van der Waals surface area contributed by atoms with E-state index in [-0.39, 0.29) is 17.9 Å². The summed E-state index contributed by atoms with van der Waals surface area (Å²) in [5, 5.41) is 3.07. The van der Waals surface area contributed by atoms with Crippen molar-refractivity contribution in [1.29, 1.82) is 0 Å². The number of aryl methyl sites for hydroxylation is 1. The molecule has 2 saturated heterocycles. The number of aromatic nitrogens is 2. The van der Waals surface area contributed by atoms with E-state index < -0.39 is 0 Å². The molecule has 1 aromatic carbocycles. The lowest BCUT2D eigenvalue weighted by atomic mass is 9.97. The van der Waals surface area contributed by atoms with Crippen molar-refractivity contribution < 1.29 is 19.1 Å². The van der Waals surface area contributed by atoms with Crippen LogP contribution in [0.5, 0.6) is 0 Å².